The molecule has 1 aromatic heterocycles. The van der Waals surface area contributed by atoms with E-state index in [0.717, 1.165) is 10.0 Å². The number of carbonyl (C=O) groups is 2. The van der Waals surface area contributed by atoms with Crippen molar-refractivity contribution in [3.63, 3.8) is 0 Å². The molecule has 1 atom stereocenters. The highest BCUT2D eigenvalue weighted by Gasteiger charge is 2.17. The summed E-state index contributed by atoms with van der Waals surface area (Å²) >= 11 is 8.14. The molecule has 9 heteroatoms. The lowest BCUT2D eigenvalue weighted by Crippen LogP contribution is -2.22. The number of para-hydroxylation sites is 1. The van der Waals surface area contributed by atoms with E-state index in [1.807, 2.05) is 37.3 Å². The average molecular weight is 431 g/mol. The Balaban J connectivity index is 1.63. The lowest BCUT2D eigenvalue weighted by atomic mass is 10.2. The number of rotatable bonds is 6. The van der Waals surface area contributed by atoms with Crippen LogP contribution in [0, 0.1) is 3.95 Å². The van der Waals surface area contributed by atoms with Crippen LogP contribution in [0.15, 0.2) is 58.9 Å². The quantitative estimate of drug-likeness (QED) is 0.436. The Morgan fingerprint density at radius 2 is 1.68 bits per heavy atom. The van der Waals surface area contributed by atoms with Crippen LogP contribution in [-0.2, 0) is 9.59 Å². The van der Waals surface area contributed by atoms with Gasteiger partial charge in [-0.15, -0.1) is 5.10 Å². The highest BCUT2D eigenvalue weighted by Crippen LogP contribution is 2.28. The summed E-state index contributed by atoms with van der Waals surface area (Å²) < 4.78 is 3.07. The van der Waals surface area contributed by atoms with Gasteiger partial charge in [0, 0.05) is 18.3 Å². The molecule has 3 aromatic rings. The normalized spacial score (nSPS) is 11.6. The van der Waals surface area contributed by atoms with Gasteiger partial charge in [0.05, 0.1) is 10.9 Å². The monoisotopic (exact) mass is 430 g/mol. The minimum absolute atomic E-state index is 0.135. The SMILES string of the molecule is CC(=O)Nc1ccc(NC(=O)[C@H](C)Sc2nn(-c3ccccc3)c(=S)s2)cc1. The van der Waals surface area contributed by atoms with Gasteiger partial charge in [0.25, 0.3) is 0 Å². The summed E-state index contributed by atoms with van der Waals surface area (Å²) in [5.41, 5.74) is 2.24. The van der Waals surface area contributed by atoms with Gasteiger partial charge in [-0.05, 0) is 55.5 Å². The van der Waals surface area contributed by atoms with E-state index in [4.69, 9.17) is 12.2 Å². The topological polar surface area (TPSA) is 76.0 Å². The number of hydrogen-bond donors (Lipinski definition) is 2. The molecule has 6 nitrogen and oxygen atoms in total. The van der Waals surface area contributed by atoms with E-state index in [-0.39, 0.29) is 17.1 Å². The zero-order chi connectivity index (χ0) is 20.1. The first kappa shape index (κ1) is 20.2. The van der Waals surface area contributed by atoms with Crippen molar-refractivity contribution in [1.82, 2.24) is 9.78 Å². The second kappa shape index (κ2) is 9.13. The van der Waals surface area contributed by atoms with Gasteiger partial charge in [-0.2, -0.15) is 0 Å². The molecule has 0 unspecified atom stereocenters. The van der Waals surface area contributed by atoms with E-state index in [2.05, 4.69) is 15.7 Å². The molecule has 0 aliphatic heterocycles. The number of carbonyl (C=O) groups excluding carboxylic acids is 2. The Hall–Kier alpha value is -2.49. The van der Waals surface area contributed by atoms with Crippen molar-refractivity contribution < 1.29 is 9.59 Å². The maximum atomic E-state index is 12.5. The summed E-state index contributed by atoms with van der Waals surface area (Å²) in [6.45, 7) is 3.27. The van der Waals surface area contributed by atoms with Crippen molar-refractivity contribution >= 4 is 58.5 Å². The molecule has 0 saturated heterocycles. The molecule has 2 N–H and O–H groups in total. The van der Waals surface area contributed by atoms with E-state index in [9.17, 15) is 9.59 Å². The molecular weight excluding hydrogens is 412 g/mol. The number of thioether (sulfide) groups is 1. The van der Waals surface area contributed by atoms with E-state index < -0.39 is 0 Å². The fraction of sp³-hybridized carbons (Fsp3) is 0.158. The molecule has 2 aromatic carbocycles. The number of benzene rings is 2. The van der Waals surface area contributed by atoms with Crippen LogP contribution in [0.3, 0.4) is 0 Å². The summed E-state index contributed by atoms with van der Waals surface area (Å²) in [6.07, 6.45) is 0. The summed E-state index contributed by atoms with van der Waals surface area (Å²) in [5.74, 6) is -0.274. The summed E-state index contributed by atoms with van der Waals surface area (Å²) in [7, 11) is 0. The van der Waals surface area contributed by atoms with Gasteiger partial charge in [-0.1, -0.05) is 41.3 Å². The third kappa shape index (κ3) is 5.28. The molecule has 1 heterocycles. The Morgan fingerprint density at radius 3 is 2.29 bits per heavy atom. The highest BCUT2D eigenvalue weighted by atomic mass is 32.2. The first-order valence-electron chi connectivity index (χ1n) is 8.43. The van der Waals surface area contributed by atoms with E-state index in [1.165, 1.54) is 30.0 Å². The summed E-state index contributed by atoms with van der Waals surface area (Å²) in [4.78, 5) is 23.5. The largest absolute Gasteiger partial charge is 0.326 e. The lowest BCUT2D eigenvalue weighted by molar-refractivity contribution is -0.115. The van der Waals surface area contributed by atoms with Crippen LogP contribution in [0.1, 0.15) is 13.8 Å². The molecule has 28 heavy (non-hydrogen) atoms. The van der Waals surface area contributed by atoms with Crippen molar-refractivity contribution in [3.05, 3.63) is 58.6 Å². The number of hydrogen-bond acceptors (Lipinski definition) is 6. The predicted molar refractivity (Wildman–Crippen MR) is 117 cm³/mol. The van der Waals surface area contributed by atoms with Crippen LogP contribution in [0.5, 0.6) is 0 Å². The molecule has 0 radical (unpaired) electrons. The fourth-order valence-corrected chi connectivity index (χ4v) is 4.83. The van der Waals surface area contributed by atoms with Gasteiger partial charge in [0.15, 0.2) is 8.29 Å². The highest BCUT2D eigenvalue weighted by molar-refractivity contribution is 8.02. The zero-order valence-electron chi connectivity index (χ0n) is 15.2. The van der Waals surface area contributed by atoms with Crippen LogP contribution in [0.2, 0.25) is 0 Å². The lowest BCUT2D eigenvalue weighted by Gasteiger charge is -2.11. The fourth-order valence-electron chi connectivity index (χ4n) is 2.33. The van der Waals surface area contributed by atoms with Crippen molar-refractivity contribution in [2.45, 2.75) is 23.4 Å². The molecule has 144 valence electrons. The van der Waals surface area contributed by atoms with E-state index in [0.29, 0.717) is 15.3 Å². The second-order valence-electron chi connectivity index (χ2n) is 5.89. The standard InChI is InChI=1S/C19H18N4O2S3/c1-12(17(25)21-15-10-8-14(9-11-15)20-13(2)24)27-18-22-23(19(26)28-18)16-6-4-3-5-7-16/h3-12H,1-2H3,(H,20,24)(H,21,25)/t12-/m0/s1. The first-order chi connectivity index (χ1) is 13.4. The molecule has 0 aliphatic carbocycles. The van der Waals surface area contributed by atoms with Crippen LogP contribution < -0.4 is 10.6 Å². The Morgan fingerprint density at radius 1 is 1.07 bits per heavy atom. The zero-order valence-corrected chi connectivity index (χ0v) is 17.7. The molecular formula is C19H18N4O2S3. The van der Waals surface area contributed by atoms with Crippen LogP contribution in [0.4, 0.5) is 11.4 Å². The smallest absolute Gasteiger partial charge is 0.237 e. The number of nitrogens with zero attached hydrogens (tertiary/aromatic N) is 2. The third-order valence-corrected chi connectivity index (χ3v) is 6.07. The van der Waals surface area contributed by atoms with Gasteiger partial charge in [0.1, 0.15) is 0 Å². The number of amides is 2. The maximum Gasteiger partial charge on any atom is 0.237 e. The second-order valence-corrected chi connectivity index (χ2v) is 9.10. The minimum atomic E-state index is -0.347. The Labute approximate surface area is 176 Å². The molecule has 0 bridgehead atoms. The van der Waals surface area contributed by atoms with Crippen LogP contribution in [0.25, 0.3) is 5.69 Å². The molecule has 0 spiro atoms. The summed E-state index contributed by atoms with van der Waals surface area (Å²) in [5, 5.41) is 9.73. The minimum Gasteiger partial charge on any atom is -0.326 e. The van der Waals surface area contributed by atoms with Crippen molar-refractivity contribution in [1.29, 1.82) is 0 Å². The molecule has 0 fully saturated rings. The molecule has 2 amide bonds. The van der Waals surface area contributed by atoms with Gasteiger partial charge in [-0.25, -0.2) is 4.68 Å². The summed E-state index contributed by atoms with van der Waals surface area (Å²) in [6, 6.07) is 16.6. The van der Waals surface area contributed by atoms with Crippen molar-refractivity contribution in [3.8, 4) is 5.69 Å². The van der Waals surface area contributed by atoms with Gasteiger partial charge in [-0.3, -0.25) is 9.59 Å². The van der Waals surface area contributed by atoms with Gasteiger partial charge < -0.3 is 10.6 Å². The van der Waals surface area contributed by atoms with Crippen LogP contribution >= 0.6 is 35.3 Å². The van der Waals surface area contributed by atoms with Crippen molar-refractivity contribution in [2.75, 3.05) is 10.6 Å². The van der Waals surface area contributed by atoms with Crippen molar-refractivity contribution in [2.24, 2.45) is 0 Å². The van der Waals surface area contributed by atoms with E-state index >= 15 is 0 Å². The maximum absolute atomic E-state index is 12.5. The number of aromatic nitrogens is 2. The molecule has 0 aliphatic rings. The van der Waals surface area contributed by atoms with Gasteiger partial charge >= 0.3 is 0 Å². The van der Waals surface area contributed by atoms with Gasteiger partial charge in [0.2, 0.25) is 11.8 Å². The predicted octanol–water partition coefficient (Wildman–Crippen LogP) is 4.74. The Bertz CT molecular complexity index is 1030. The number of anilines is 2. The number of nitrogens with one attached hydrogen (secondary N) is 2. The van der Waals surface area contributed by atoms with Crippen LogP contribution in [-0.4, -0.2) is 26.8 Å². The Kier molecular flexibility index (Phi) is 6.61. The molecule has 3 rings (SSSR count). The first-order valence-corrected chi connectivity index (χ1v) is 10.5. The average Bonchev–Trinajstić information content (AvgIpc) is 3.03. The van der Waals surface area contributed by atoms with E-state index in [1.54, 1.807) is 28.9 Å². The molecule has 0 saturated carbocycles. The third-order valence-electron chi connectivity index (χ3n) is 3.65.